The number of aromatic nitrogens is 1. The van der Waals surface area contributed by atoms with Gasteiger partial charge in [0, 0.05) is 22.2 Å². The SMILES string of the molecule is [C-]#[N+]c1ccc2c(c1)-n1c3ccccc3c3cc4oc5ccccc5c4c(c31)N2C(C)C. The van der Waals surface area contributed by atoms with E-state index in [1.165, 1.54) is 22.0 Å². The molecule has 0 amide bonds. The summed E-state index contributed by atoms with van der Waals surface area (Å²) in [6.45, 7) is 12.0. The van der Waals surface area contributed by atoms with Crippen molar-refractivity contribution in [2.24, 2.45) is 0 Å². The van der Waals surface area contributed by atoms with Crippen LogP contribution < -0.4 is 4.90 Å². The minimum absolute atomic E-state index is 0.224. The van der Waals surface area contributed by atoms with Crippen molar-refractivity contribution in [2.75, 3.05) is 4.90 Å². The second-order valence-corrected chi connectivity index (χ2v) is 8.69. The first kappa shape index (κ1) is 17.5. The van der Waals surface area contributed by atoms with Crippen LogP contribution in [0, 0.1) is 6.57 Å². The van der Waals surface area contributed by atoms with Crippen LogP contribution in [0.5, 0.6) is 0 Å². The van der Waals surface area contributed by atoms with E-state index in [0.717, 1.165) is 38.8 Å². The lowest BCUT2D eigenvalue weighted by atomic mass is 10.0. The van der Waals surface area contributed by atoms with Crippen LogP contribution in [-0.4, -0.2) is 10.6 Å². The summed E-state index contributed by atoms with van der Waals surface area (Å²) < 4.78 is 8.70. The van der Waals surface area contributed by atoms with Crippen LogP contribution in [0.3, 0.4) is 0 Å². The predicted molar refractivity (Wildman–Crippen MR) is 132 cm³/mol. The molecule has 7 rings (SSSR count). The van der Waals surface area contributed by atoms with E-state index in [9.17, 15) is 0 Å². The molecule has 0 aliphatic carbocycles. The molecule has 32 heavy (non-hydrogen) atoms. The first-order chi connectivity index (χ1) is 15.7. The lowest BCUT2D eigenvalue weighted by Gasteiger charge is -2.36. The molecule has 0 unspecified atom stereocenters. The van der Waals surface area contributed by atoms with Gasteiger partial charge in [-0.25, -0.2) is 4.85 Å². The zero-order chi connectivity index (χ0) is 21.6. The average molecular weight is 413 g/mol. The highest BCUT2D eigenvalue weighted by atomic mass is 16.3. The lowest BCUT2D eigenvalue weighted by Crippen LogP contribution is -2.29. The molecule has 0 bridgehead atoms. The van der Waals surface area contributed by atoms with Gasteiger partial charge in [-0.15, -0.1) is 0 Å². The van der Waals surface area contributed by atoms with E-state index in [1.54, 1.807) is 0 Å². The molecule has 6 aromatic rings. The van der Waals surface area contributed by atoms with E-state index >= 15 is 0 Å². The summed E-state index contributed by atoms with van der Waals surface area (Å²) in [6, 6.07) is 25.2. The second kappa shape index (κ2) is 5.93. The summed E-state index contributed by atoms with van der Waals surface area (Å²) in [5.41, 5.74) is 8.12. The Morgan fingerprint density at radius 3 is 2.41 bits per heavy atom. The molecule has 0 saturated heterocycles. The summed E-state index contributed by atoms with van der Waals surface area (Å²) >= 11 is 0. The van der Waals surface area contributed by atoms with Gasteiger partial charge < -0.3 is 13.9 Å². The van der Waals surface area contributed by atoms with Crippen LogP contribution in [0.25, 0.3) is 54.3 Å². The van der Waals surface area contributed by atoms with Gasteiger partial charge >= 0.3 is 0 Å². The highest BCUT2D eigenvalue weighted by molar-refractivity contribution is 6.26. The fourth-order valence-electron chi connectivity index (χ4n) is 5.41. The molecule has 1 aliphatic rings. The Labute approximate surface area is 184 Å². The van der Waals surface area contributed by atoms with E-state index in [0.29, 0.717) is 5.69 Å². The minimum Gasteiger partial charge on any atom is -0.456 e. The maximum Gasteiger partial charge on any atom is 0.189 e. The molecule has 4 nitrogen and oxygen atoms in total. The zero-order valence-corrected chi connectivity index (χ0v) is 17.8. The molecule has 4 aromatic carbocycles. The van der Waals surface area contributed by atoms with Gasteiger partial charge in [0.2, 0.25) is 0 Å². The van der Waals surface area contributed by atoms with Gasteiger partial charge in [0.15, 0.2) is 5.69 Å². The topological polar surface area (TPSA) is 25.7 Å². The third kappa shape index (κ3) is 2.01. The second-order valence-electron chi connectivity index (χ2n) is 8.69. The molecular formula is C28H19N3O. The predicted octanol–water partition coefficient (Wildman–Crippen LogP) is 8.09. The molecule has 0 spiro atoms. The highest BCUT2D eigenvalue weighted by Gasteiger charge is 2.32. The lowest BCUT2D eigenvalue weighted by molar-refractivity contribution is 0.669. The van der Waals surface area contributed by atoms with Crippen molar-refractivity contribution >= 4 is 60.8 Å². The summed E-state index contributed by atoms with van der Waals surface area (Å²) in [4.78, 5) is 6.13. The van der Waals surface area contributed by atoms with Crippen molar-refractivity contribution in [2.45, 2.75) is 19.9 Å². The van der Waals surface area contributed by atoms with E-state index in [2.05, 4.69) is 76.7 Å². The van der Waals surface area contributed by atoms with Crippen molar-refractivity contribution in [3.63, 3.8) is 0 Å². The maximum absolute atomic E-state index is 7.58. The first-order valence-electron chi connectivity index (χ1n) is 10.9. The number of rotatable bonds is 1. The molecule has 152 valence electrons. The Balaban J connectivity index is 1.82. The highest BCUT2D eigenvalue weighted by Crippen LogP contribution is 2.52. The summed E-state index contributed by atoms with van der Waals surface area (Å²) in [6.07, 6.45) is 0. The van der Waals surface area contributed by atoms with Crippen LogP contribution in [0.1, 0.15) is 13.8 Å². The molecule has 0 saturated carbocycles. The number of nitrogens with zero attached hydrogens (tertiary/aromatic N) is 3. The molecule has 2 aromatic heterocycles. The van der Waals surface area contributed by atoms with Gasteiger partial charge in [-0.3, -0.25) is 0 Å². The smallest absolute Gasteiger partial charge is 0.189 e. The molecular weight excluding hydrogens is 394 g/mol. The third-order valence-electron chi connectivity index (χ3n) is 6.62. The van der Waals surface area contributed by atoms with Crippen LogP contribution in [0.4, 0.5) is 17.1 Å². The number of fused-ring (bicyclic) bond motifs is 9. The molecule has 0 radical (unpaired) electrons. The molecule has 0 atom stereocenters. The van der Waals surface area contributed by atoms with Crippen molar-refractivity contribution in [1.82, 2.24) is 4.57 Å². The molecule has 4 heteroatoms. The third-order valence-corrected chi connectivity index (χ3v) is 6.62. The number of benzene rings is 4. The summed E-state index contributed by atoms with van der Waals surface area (Å²) in [7, 11) is 0. The number of para-hydroxylation sites is 2. The van der Waals surface area contributed by atoms with E-state index < -0.39 is 0 Å². The standard InChI is InChI=1S/C28H19N3O/c1-16(2)30-22-13-12-17(29-3)14-23(22)31-21-10-6-4-8-18(21)20-15-25-26(28(30)27(20)31)19-9-5-7-11-24(19)32-25/h4-16H,1-2H3. The fourth-order valence-corrected chi connectivity index (χ4v) is 5.41. The fraction of sp³-hybridized carbons (Fsp3) is 0.107. The average Bonchev–Trinajstić information content (AvgIpc) is 3.35. The van der Waals surface area contributed by atoms with Crippen molar-refractivity contribution in [3.8, 4) is 5.69 Å². The Kier molecular flexibility index (Phi) is 3.23. The quantitative estimate of drug-likeness (QED) is 0.255. The van der Waals surface area contributed by atoms with Crippen LogP contribution in [0.15, 0.2) is 77.2 Å². The number of hydrogen-bond acceptors (Lipinski definition) is 2. The largest absolute Gasteiger partial charge is 0.456 e. The van der Waals surface area contributed by atoms with E-state index in [4.69, 9.17) is 11.0 Å². The van der Waals surface area contributed by atoms with Gasteiger partial charge in [0.25, 0.3) is 0 Å². The normalized spacial score (nSPS) is 12.9. The van der Waals surface area contributed by atoms with E-state index in [1.807, 2.05) is 24.3 Å². The molecule has 0 fully saturated rings. The molecule has 1 aliphatic heterocycles. The van der Waals surface area contributed by atoms with Gasteiger partial charge in [-0.1, -0.05) is 42.5 Å². The Hall–Kier alpha value is -4.23. The Morgan fingerprint density at radius 1 is 0.812 bits per heavy atom. The van der Waals surface area contributed by atoms with Crippen molar-refractivity contribution in [1.29, 1.82) is 0 Å². The Morgan fingerprint density at radius 2 is 1.59 bits per heavy atom. The van der Waals surface area contributed by atoms with Gasteiger partial charge in [-0.05, 0) is 44.2 Å². The van der Waals surface area contributed by atoms with Crippen molar-refractivity contribution < 1.29 is 4.42 Å². The van der Waals surface area contributed by atoms with Crippen LogP contribution in [0.2, 0.25) is 0 Å². The van der Waals surface area contributed by atoms with Gasteiger partial charge in [-0.2, -0.15) is 0 Å². The van der Waals surface area contributed by atoms with Crippen LogP contribution in [-0.2, 0) is 0 Å². The molecule has 0 N–H and O–H groups in total. The number of hydrogen-bond donors (Lipinski definition) is 0. The molecule has 3 heterocycles. The summed E-state index contributed by atoms with van der Waals surface area (Å²) in [5.74, 6) is 0. The first-order valence-corrected chi connectivity index (χ1v) is 10.9. The van der Waals surface area contributed by atoms with Crippen LogP contribution >= 0.6 is 0 Å². The number of anilines is 2. The van der Waals surface area contributed by atoms with E-state index in [-0.39, 0.29) is 6.04 Å². The van der Waals surface area contributed by atoms with Crippen molar-refractivity contribution in [3.05, 3.63) is 84.2 Å². The van der Waals surface area contributed by atoms with Gasteiger partial charge in [0.1, 0.15) is 11.2 Å². The van der Waals surface area contributed by atoms with Gasteiger partial charge in [0.05, 0.1) is 40.1 Å². The number of furan rings is 1. The maximum atomic E-state index is 7.58. The zero-order valence-electron chi connectivity index (χ0n) is 17.8. The summed E-state index contributed by atoms with van der Waals surface area (Å²) in [5, 5.41) is 4.64. The monoisotopic (exact) mass is 413 g/mol. The Bertz CT molecular complexity index is 1780. The minimum atomic E-state index is 0.224.